The van der Waals surface area contributed by atoms with Gasteiger partial charge in [-0.3, -0.25) is 4.79 Å². The largest absolute Gasteiger partial charge is 0.341 e. The van der Waals surface area contributed by atoms with E-state index in [1.165, 1.54) is 6.42 Å². The molecule has 1 amide bonds. The van der Waals surface area contributed by atoms with Gasteiger partial charge in [-0.1, -0.05) is 12.1 Å². The number of carbonyl (C=O) groups excluding carboxylic acids is 1. The standard InChI is InChI=1S/C16H18N2O/c1-18(10-12-4-2-11(9-17)3-5-12)16(19)15-7-13-6-14(13)8-15/h2-5,13-15H,6-8,10H2,1H3. The minimum absolute atomic E-state index is 0.257. The van der Waals surface area contributed by atoms with Gasteiger partial charge in [0.2, 0.25) is 5.91 Å². The lowest BCUT2D eigenvalue weighted by atomic mass is 10.0. The Bertz CT molecular complexity index is 519. The molecule has 0 aromatic heterocycles. The Hall–Kier alpha value is -1.82. The molecule has 2 aliphatic rings. The van der Waals surface area contributed by atoms with Gasteiger partial charge >= 0.3 is 0 Å². The van der Waals surface area contributed by atoms with Gasteiger partial charge in [0.05, 0.1) is 11.6 Å². The Kier molecular flexibility index (Phi) is 3.02. The average molecular weight is 254 g/mol. The molecule has 2 aliphatic carbocycles. The summed E-state index contributed by atoms with van der Waals surface area (Å²) >= 11 is 0. The number of fused-ring (bicyclic) bond motifs is 1. The van der Waals surface area contributed by atoms with Crippen molar-refractivity contribution >= 4 is 5.91 Å². The summed E-state index contributed by atoms with van der Waals surface area (Å²) in [6.45, 7) is 0.635. The van der Waals surface area contributed by atoms with Crippen molar-refractivity contribution in [3.05, 3.63) is 35.4 Å². The van der Waals surface area contributed by atoms with Gasteiger partial charge in [-0.2, -0.15) is 5.26 Å². The molecule has 1 aromatic carbocycles. The third kappa shape index (κ3) is 2.49. The van der Waals surface area contributed by atoms with Gasteiger partial charge in [-0.15, -0.1) is 0 Å². The predicted molar refractivity (Wildman–Crippen MR) is 72.0 cm³/mol. The minimum Gasteiger partial charge on any atom is -0.341 e. The zero-order valence-electron chi connectivity index (χ0n) is 11.2. The molecular formula is C16H18N2O. The highest BCUT2D eigenvalue weighted by Gasteiger charge is 2.48. The Morgan fingerprint density at radius 2 is 1.89 bits per heavy atom. The van der Waals surface area contributed by atoms with E-state index in [1.54, 1.807) is 12.1 Å². The molecule has 2 unspecified atom stereocenters. The number of benzene rings is 1. The van der Waals surface area contributed by atoms with Crippen molar-refractivity contribution in [1.82, 2.24) is 4.90 Å². The minimum atomic E-state index is 0.257. The highest BCUT2D eigenvalue weighted by Crippen LogP contribution is 2.54. The number of nitrogens with zero attached hydrogens (tertiary/aromatic N) is 2. The molecule has 19 heavy (non-hydrogen) atoms. The predicted octanol–water partition coefficient (Wildman–Crippen LogP) is 2.56. The van der Waals surface area contributed by atoms with Crippen LogP contribution in [0.5, 0.6) is 0 Å². The van der Waals surface area contributed by atoms with E-state index < -0.39 is 0 Å². The molecule has 0 radical (unpaired) electrons. The summed E-state index contributed by atoms with van der Waals surface area (Å²) in [7, 11) is 1.88. The first-order valence-electron chi connectivity index (χ1n) is 6.91. The van der Waals surface area contributed by atoms with Crippen LogP contribution >= 0.6 is 0 Å². The van der Waals surface area contributed by atoms with E-state index in [-0.39, 0.29) is 11.8 Å². The lowest BCUT2D eigenvalue weighted by molar-refractivity contribution is -0.134. The van der Waals surface area contributed by atoms with Crippen molar-refractivity contribution in [3.8, 4) is 6.07 Å². The fraction of sp³-hybridized carbons (Fsp3) is 0.500. The lowest BCUT2D eigenvalue weighted by Crippen LogP contribution is -2.31. The molecule has 0 heterocycles. The van der Waals surface area contributed by atoms with Crippen LogP contribution in [0.15, 0.2) is 24.3 Å². The number of hydrogen-bond acceptors (Lipinski definition) is 2. The van der Waals surface area contributed by atoms with Crippen LogP contribution in [0.3, 0.4) is 0 Å². The summed E-state index contributed by atoms with van der Waals surface area (Å²) in [6.07, 6.45) is 3.55. The maximum absolute atomic E-state index is 12.3. The molecular weight excluding hydrogens is 236 g/mol. The molecule has 0 bridgehead atoms. The molecule has 2 saturated carbocycles. The molecule has 0 aliphatic heterocycles. The van der Waals surface area contributed by atoms with Crippen molar-refractivity contribution in [1.29, 1.82) is 5.26 Å². The van der Waals surface area contributed by atoms with Crippen molar-refractivity contribution in [3.63, 3.8) is 0 Å². The molecule has 0 spiro atoms. The first-order chi connectivity index (χ1) is 9.17. The zero-order chi connectivity index (χ0) is 13.4. The second-order valence-electron chi connectivity index (χ2n) is 5.93. The Balaban J connectivity index is 1.59. The molecule has 3 heteroatoms. The van der Waals surface area contributed by atoms with Crippen LogP contribution in [-0.4, -0.2) is 17.9 Å². The number of nitriles is 1. The first-order valence-corrected chi connectivity index (χ1v) is 6.91. The van der Waals surface area contributed by atoms with Crippen LogP contribution in [0.2, 0.25) is 0 Å². The van der Waals surface area contributed by atoms with Crippen LogP contribution in [-0.2, 0) is 11.3 Å². The van der Waals surface area contributed by atoms with Crippen LogP contribution in [0.1, 0.15) is 30.4 Å². The molecule has 0 N–H and O–H groups in total. The van der Waals surface area contributed by atoms with Crippen molar-refractivity contribution in [2.24, 2.45) is 17.8 Å². The molecule has 98 valence electrons. The molecule has 2 fully saturated rings. The second kappa shape index (κ2) is 4.70. The number of hydrogen-bond donors (Lipinski definition) is 0. The van der Waals surface area contributed by atoms with E-state index in [9.17, 15) is 4.79 Å². The van der Waals surface area contributed by atoms with Gasteiger partial charge in [0.15, 0.2) is 0 Å². The Morgan fingerprint density at radius 3 is 2.47 bits per heavy atom. The van der Waals surface area contributed by atoms with Crippen LogP contribution in [0.4, 0.5) is 0 Å². The normalized spacial score (nSPS) is 27.5. The van der Waals surface area contributed by atoms with Crippen molar-refractivity contribution in [2.75, 3.05) is 7.05 Å². The van der Waals surface area contributed by atoms with Gasteiger partial charge in [0.1, 0.15) is 0 Å². The van der Waals surface area contributed by atoms with E-state index >= 15 is 0 Å². The summed E-state index contributed by atoms with van der Waals surface area (Å²) in [5.41, 5.74) is 1.74. The Morgan fingerprint density at radius 1 is 1.26 bits per heavy atom. The second-order valence-corrected chi connectivity index (χ2v) is 5.93. The maximum Gasteiger partial charge on any atom is 0.225 e. The summed E-state index contributed by atoms with van der Waals surface area (Å²) in [6, 6.07) is 9.56. The first kappa shape index (κ1) is 12.2. The van der Waals surface area contributed by atoms with Gasteiger partial charge in [0.25, 0.3) is 0 Å². The summed E-state index contributed by atoms with van der Waals surface area (Å²) in [5, 5.41) is 8.76. The summed E-state index contributed by atoms with van der Waals surface area (Å²) < 4.78 is 0. The fourth-order valence-corrected chi connectivity index (χ4v) is 3.26. The van der Waals surface area contributed by atoms with Crippen molar-refractivity contribution in [2.45, 2.75) is 25.8 Å². The van der Waals surface area contributed by atoms with E-state index in [0.29, 0.717) is 12.1 Å². The SMILES string of the molecule is CN(Cc1ccc(C#N)cc1)C(=O)C1CC2CC2C1. The van der Waals surface area contributed by atoms with Gasteiger partial charge < -0.3 is 4.90 Å². The van der Waals surface area contributed by atoms with Crippen LogP contribution in [0, 0.1) is 29.1 Å². The molecule has 3 rings (SSSR count). The van der Waals surface area contributed by atoms with E-state index in [1.807, 2.05) is 24.1 Å². The third-order valence-corrected chi connectivity index (χ3v) is 4.47. The molecule has 2 atom stereocenters. The molecule has 1 aromatic rings. The lowest BCUT2D eigenvalue weighted by Gasteiger charge is -2.22. The fourth-order valence-electron chi connectivity index (χ4n) is 3.26. The van der Waals surface area contributed by atoms with E-state index in [2.05, 4.69) is 6.07 Å². The Labute approximate surface area is 113 Å². The smallest absolute Gasteiger partial charge is 0.225 e. The summed E-state index contributed by atoms with van der Waals surface area (Å²) in [5.74, 6) is 2.23. The topological polar surface area (TPSA) is 44.1 Å². The number of carbonyl (C=O) groups is 1. The molecule has 3 nitrogen and oxygen atoms in total. The van der Waals surface area contributed by atoms with Crippen LogP contribution < -0.4 is 0 Å². The number of amides is 1. The average Bonchev–Trinajstić information content (AvgIpc) is 3.05. The van der Waals surface area contributed by atoms with Crippen molar-refractivity contribution < 1.29 is 4.79 Å². The number of rotatable bonds is 3. The highest BCUT2D eigenvalue weighted by molar-refractivity contribution is 5.79. The van der Waals surface area contributed by atoms with Gasteiger partial charge in [-0.25, -0.2) is 0 Å². The third-order valence-electron chi connectivity index (χ3n) is 4.47. The van der Waals surface area contributed by atoms with Gasteiger partial charge in [-0.05, 0) is 48.8 Å². The zero-order valence-corrected chi connectivity index (χ0v) is 11.2. The van der Waals surface area contributed by atoms with E-state index in [4.69, 9.17) is 5.26 Å². The monoisotopic (exact) mass is 254 g/mol. The van der Waals surface area contributed by atoms with Crippen LogP contribution in [0.25, 0.3) is 0 Å². The molecule has 0 saturated heterocycles. The van der Waals surface area contributed by atoms with E-state index in [0.717, 1.165) is 30.2 Å². The highest BCUT2D eigenvalue weighted by atomic mass is 16.2. The maximum atomic E-state index is 12.3. The summed E-state index contributed by atoms with van der Waals surface area (Å²) in [4.78, 5) is 14.1. The quantitative estimate of drug-likeness (QED) is 0.832. The van der Waals surface area contributed by atoms with Gasteiger partial charge in [0, 0.05) is 19.5 Å².